The van der Waals surface area contributed by atoms with E-state index < -0.39 is 17.7 Å². The van der Waals surface area contributed by atoms with Crippen LogP contribution in [0, 0.1) is 0 Å². The average molecular weight is 326 g/mol. The summed E-state index contributed by atoms with van der Waals surface area (Å²) < 4.78 is 43.7. The second kappa shape index (κ2) is 5.49. The smallest absolute Gasteiger partial charge is 0.417 e. The van der Waals surface area contributed by atoms with Gasteiger partial charge in [0, 0.05) is 6.20 Å². The second-order valence-electron chi connectivity index (χ2n) is 3.62. The van der Waals surface area contributed by atoms with Gasteiger partial charge in [-0.25, -0.2) is 0 Å². The molecule has 0 saturated carbocycles. The van der Waals surface area contributed by atoms with Crippen LogP contribution in [0.1, 0.15) is 5.56 Å². The van der Waals surface area contributed by atoms with Crippen molar-refractivity contribution in [1.82, 2.24) is 14.6 Å². The Morgan fingerprint density at radius 1 is 1.50 bits per heavy atom. The van der Waals surface area contributed by atoms with Crippen LogP contribution in [0.4, 0.5) is 13.2 Å². The molecule has 0 amide bonds. The maximum absolute atomic E-state index is 12.7. The van der Waals surface area contributed by atoms with Gasteiger partial charge in [0.15, 0.2) is 10.8 Å². The Labute approximate surface area is 120 Å². The molecule has 10 heteroatoms. The summed E-state index contributed by atoms with van der Waals surface area (Å²) in [5.74, 6) is -0.615. The van der Waals surface area contributed by atoms with Gasteiger partial charge in [-0.1, -0.05) is 23.4 Å². The molecule has 0 unspecified atom stereocenters. The number of thioether (sulfide) groups is 1. The van der Waals surface area contributed by atoms with E-state index in [1.807, 2.05) is 0 Å². The van der Waals surface area contributed by atoms with Gasteiger partial charge in [-0.15, -0.1) is 10.2 Å². The Morgan fingerprint density at radius 2 is 2.20 bits per heavy atom. The van der Waals surface area contributed by atoms with Crippen LogP contribution in [0.15, 0.2) is 17.4 Å². The number of carbonyl (C=O) groups is 1. The van der Waals surface area contributed by atoms with E-state index in [0.717, 1.165) is 28.4 Å². The van der Waals surface area contributed by atoms with Crippen LogP contribution in [0.5, 0.6) is 0 Å². The van der Waals surface area contributed by atoms with E-state index in [1.165, 1.54) is 7.11 Å². The van der Waals surface area contributed by atoms with E-state index in [-0.39, 0.29) is 21.6 Å². The molecule has 2 aromatic heterocycles. The third kappa shape index (κ3) is 2.98. The van der Waals surface area contributed by atoms with Crippen molar-refractivity contribution in [3.05, 3.63) is 22.8 Å². The minimum atomic E-state index is -4.54. The zero-order valence-corrected chi connectivity index (χ0v) is 11.5. The van der Waals surface area contributed by atoms with Crippen LogP contribution in [0.25, 0.3) is 5.65 Å². The Morgan fingerprint density at radius 3 is 2.80 bits per heavy atom. The minimum absolute atomic E-state index is 0.0898. The highest BCUT2D eigenvalue weighted by Crippen LogP contribution is 2.33. The molecule has 0 bridgehead atoms. The van der Waals surface area contributed by atoms with Crippen LogP contribution in [-0.2, 0) is 15.7 Å². The number of hydrogen-bond donors (Lipinski definition) is 0. The lowest BCUT2D eigenvalue weighted by molar-refractivity contribution is -0.138. The summed E-state index contributed by atoms with van der Waals surface area (Å²) in [7, 11) is 1.21. The number of carbonyl (C=O) groups excluding carboxylic acids is 1. The highest BCUT2D eigenvalue weighted by molar-refractivity contribution is 7.99. The van der Waals surface area contributed by atoms with Crippen LogP contribution < -0.4 is 0 Å². The van der Waals surface area contributed by atoms with E-state index >= 15 is 0 Å². The lowest BCUT2D eigenvalue weighted by atomic mass is 10.3. The minimum Gasteiger partial charge on any atom is -0.468 e. The monoisotopic (exact) mass is 325 g/mol. The number of fused-ring (bicyclic) bond motifs is 1. The molecular formula is C10H7ClF3N3O2S. The molecule has 0 atom stereocenters. The molecule has 0 saturated heterocycles. The number of esters is 1. The molecule has 0 aliphatic rings. The van der Waals surface area contributed by atoms with E-state index in [1.54, 1.807) is 0 Å². The Hall–Kier alpha value is -1.48. The molecule has 0 fully saturated rings. The first-order chi connectivity index (χ1) is 9.32. The standard InChI is InChI=1S/C10H7ClF3N3O2S/c1-19-7(18)4-20-9-16-15-8-6(11)2-5(3-17(8)9)10(12,13)14/h2-3H,4H2,1H3. The van der Waals surface area contributed by atoms with Gasteiger partial charge in [0.25, 0.3) is 0 Å². The van der Waals surface area contributed by atoms with Crippen molar-refractivity contribution in [2.45, 2.75) is 11.3 Å². The van der Waals surface area contributed by atoms with Gasteiger partial charge in [-0.2, -0.15) is 13.2 Å². The fourth-order valence-corrected chi connectivity index (χ4v) is 2.36. The number of aromatic nitrogens is 3. The van der Waals surface area contributed by atoms with Gasteiger partial charge < -0.3 is 4.74 Å². The quantitative estimate of drug-likeness (QED) is 0.641. The summed E-state index contributed by atoms with van der Waals surface area (Å²) >= 11 is 6.65. The zero-order valence-electron chi connectivity index (χ0n) is 9.94. The third-order valence-electron chi connectivity index (χ3n) is 2.30. The molecule has 0 spiro atoms. The van der Waals surface area contributed by atoms with E-state index in [0.29, 0.717) is 0 Å². The van der Waals surface area contributed by atoms with Gasteiger partial charge in [0.2, 0.25) is 0 Å². The fraction of sp³-hybridized carbons (Fsp3) is 0.300. The van der Waals surface area contributed by atoms with Crippen LogP contribution in [0.3, 0.4) is 0 Å². The largest absolute Gasteiger partial charge is 0.468 e. The highest BCUT2D eigenvalue weighted by atomic mass is 35.5. The number of alkyl halides is 3. The summed E-state index contributed by atoms with van der Waals surface area (Å²) in [6.45, 7) is 0. The van der Waals surface area contributed by atoms with Gasteiger partial charge in [-0.3, -0.25) is 9.20 Å². The predicted molar refractivity (Wildman–Crippen MR) is 65.7 cm³/mol. The molecule has 2 aromatic rings. The van der Waals surface area contributed by atoms with E-state index in [9.17, 15) is 18.0 Å². The van der Waals surface area contributed by atoms with Crippen LogP contribution in [0.2, 0.25) is 5.02 Å². The van der Waals surface area contributed by atoms with Gasteiger partial charge in [-0.05, 0) is 6.07 Å². The Kier molecular flexibility index (Phi) is 4.09. The number of nitrogens with zero attached hydrogens (tertiary/aromatic N) is 3. The highest BCUT2D eigenvalue weighted by Gasteiger charge is 2.32. The molecular weight excluding hydrogens is 319 g/mol. The lowest BCUT2D eigenvalue weighted by Gasteiger charge is -2.08. The van der Waals surface area contributed by atoms with Crippen molar-refractivity contribution in [3.63, 3.8) is 0 Å². The Balaban J connectivity index is 2.42. The first kappa shape index (κ1) is 14.9. The van der Waals surface area contributed by atoms with E-state index in [4.69, 9.17) is 11.6 Å². The summed E-state index contributed by atoms with van der Waals surface area (Å²) in [5, 5.41) is 7.34. The number of rotatable bonds is 3. The number of hydrogen-bond acceptors (Lipinski definition) is 5. The molecule has 0 aliphatic heterocycles. The first-order valence-electron chi connectivity index (χ1n) is 5.14. The van der Waals surface area contributed by atoms with E-state index in [2.05, 4.69) is 14.9 Å². The normalized spacial score (nSPS) is 11.8. The van der Waals surface area contributed by atoms with Crippen molar-refractivity contribution >= 4 is 35.0 Å². The van der Waals surface area contributed by atoms with Gasteiger partial charge in [0.05, 0.1) is 23.4 Å². The molecule has 0 aromatic carbocycles. The summed E-state index contributed by atoms with van der Waals surface area (Å²) in [6.07, 6.45) is -3.70. The molecule has 2 rings (SSSR count). The molecule has 0 aliphatic carbocycles. The summed E-state index contributed by atoms with van der Waals surface area (Å²) in [6, 6.07) is 0.778. The van der Waals surface area contributed by atoms with Crippen LogP contribution >= 0.6 is 23.4 Å². The lowest BCUT2D eigenvalue weighted by Crippen LogP contribution is -2.07. The Bertz CT molecular complexity index is 659. The van der Waals surface area contributed by atoms with Crippen molar-refractivity contribution in [3.8, 4) is 0 Å². The van der Waals surface area contributed by atoms with Crippen molar-refractivity contribution in [2.75, 3.05) is 12.9 Å². The molecule has 20 heavy (non-hydrogen) atoms. The SMILES string of the molecule is COC(=O)CSc1nnc2c(Cl)cc(C(F)(F)F)cn12. The average Bonchev–Trinajstić information content (AvgIpc) is 2.78. The maximum Gasteiger partial charge on any atom is 0.417 e. The number of halogens is 4. The van der Waals surface area contributed by atoms with Crippen LogP contribution in [-0.4, -0.2) is 33.4 Å². The second-order valence-corrected chi connectivity index (χ2v) is 4.97. The number of pyridine rings is 1. The number of ether oxygens (including phenoxy) is 1. The zero-order chi connectivity index (χ0) is 14.9. The van der Waals surface area contributed by atoms with Gasteiger partial charge >= 0.3 is 12.1 Å². The summed E-state index contributed by atoms with van der Waals surface area (Å²) in [4.78, 5) is 11.0. The van der Waals surface area contributed by atoms with Crippen molar-refractivity contribution < 1.29 is 22.7 Å². The van der Waals surface area contributed by atoms with Gasteiger partial charge in [0.1, 0.15) is 0 Å². The molecule has 108 valence electrons. The maximum atomic E-state index is 12.7. The molecule has 0 N–H and O–H groups in total. The topological polar surface area (TPSA) is 56.5 Å². The fourth-order valence-electron chi connectivity index (χ4n) is 1.37. The molecule has 0 radical (unpaired) electrons. The molecule has 2 heterocycles. The first-order valence-corrected chi connectivity index (χ1v) is 6.50. The number of methoxy groups -OCH3 is 1. The third-order valence-corrected chi connectivity index (χ3v) is 3.50. The molecule has 5 nitrogen and oxygen atoms in total. The van der Waals surface area contributed by atoms with Crippen molar-refractivity contribution in [1.29, 1.82) is 0 Å². The summed E-state index contributed by atoms with van der Waals surface area (Å²) in [5.41, 5.74) is -0.832. The van der Waals surface area contributed by atoms with Crippen molar-refractivity contribution in [2.24, 2.45) is 0 Å². The predicted octanol–water partition coefficient (Wildman–Crippen LogP) is 2.67.